The van der Waals surface area contributed by atoms with Crippen molar-refractivity contribution in [1.29, 1.82) is 0 Å². The Bertz CT molecular complexity index is 1280. The van der Waals surface area contributed by atoms with Gasteiger partial charge in [-0.2, -0.15) is 17.9 Å². The maximum absolute atomic E-state index is 13.9. The van der Waals surface area contributed by atoms with Crippen molar-refractivity contribution in [1.82, 2.24) is 14.9 Å². The molecular formula is C27H33ClF3N3O4S. The van der Waals surface area contributed by atoms with E-state index in [1.54, 1.807) is 4.72 Å². The number of hydrogen-bond donors (Lipinski definition) is 2. The number of rotatable bonds is 9. The van der Waals surface area contributed by atoms with Gasteiger partial charge >= 0.3 is 6.18 Å². The van der Waals surface area contributed by atoms with Crippen molar-refractivity contribution in [3.05, 3.63) is 58.1 Å². The molecule has 0 saturated carbocycles. The molecule has 7 nitrogen and oxygen atoms in total. The number of amides is 1. The van der Waals surface area contributed by atoms with E-state index in [-0.39, 0.29) is 10.8 Å². The third-order valence-electron chi connectivity index (χ3n) is 7.21. The van der Waals surface area contributed by atoms with Gasteiger partial charge in [-0.3, -0.25) is 9.69 Å². The van der Waals surface area contributed by atoms with E-state index in [1.807, 2.05) is 12.1 Å². The zero-order valence-electron chi connectivity index (χ0n) is 21.7. The molecule has 2 aliphatic rings. The first kappa shape index (κ1) is 29.6. The highest BCUT2D eigenvalue weighted by molar-refractivity contribution is 7.89. The topological polar surface area (TPSA) is 87.7 Å². The molecule has 4 rings (SSSR count). The maximum Gasteiger partial charge on any atom is 0.405 e. The summed E-state index contributed by atoms with van der Waals surface area (Å²) in [6, 6.07) is 6.61. The molecule has 2 aromatic carbocycles. The minimum absolute atomic E-state index is 0.00697. The number of nitrogens with zero attached hydrogens (tertiary/aromatic N) is 1. The summed E-state index contributed by atoms with van der Waals surface area (Å²) in [5.41, 5.74) is 3.16. The largest absolute Gasteiger partial charge is 0.495 e. The van der Waals surface area contributed by atoms with Crippen LogP contribution in [0.1, 0.15) is 61.3 Å². The maximum atomic E-state index is 13.9. The summed E-state index contributed by atoms with van der Waals surface area (Å²) in [6.07, 6.45) is -0.257. The van der Waals surface area contributed by atoms with Crippen LogP contribution < -0.4 is 14.8 Å². The Morgan fingerprint density at radius 1 is 1.13 bits per heavy atom. The van der Waals surface area contributed by atoms with Gasteiger partial charge < -0.3 is 10.1 Å². The SMILES string of the molecule is COc1ccc(Cl)cc1S(=O)(=O)N[C@H](CC(=O)N[C@@H]1CCCc2cc(CN3CCCCC3)ccc21)C(F)(F)F. The number of carbonyl (C=O) groups is 1. The Morgan fingerprint density at radius 2 is 1.87 bits per heavy atom. The van der Waals surface area contributed by atoms with Crippen LogP contribution in [0, 0.1) is 0 Å². The molecule has 1 saturated heterocycles. The van der Waals surface area contributed by atoms with Gasteiger partial charge in [-0.1, -0.05) is 36.2 Å². The molecule has 214 valence electrons. The van der Waals surface area contributed by atoms with Gasteiger partial charge in [0.05, 0.1) is 19.6 Å². The number of fused-ring (bicyclic) bond motifs is 1. The number of benzene rings is 2. The highest BCUT2D eigenvalue weighted by Crippen LogP contribution is 2.33. The fourth-order valence-electron chi connectivity index (χ4n) is 5.27. The molecule has 1 aliphatic carbocycles. The second-order valence-corrected chi connectivity index (χ2v) is 12.2. The number of sulfonamides is 1. The Labute approximate surface area is 232 Å². The van der Waals surface area contributed by atoms with Crippen molar-refractivity contribution in [2.24, 2.45) is 0 Å². The molecule has 2 aromatic rings. The first-order valence-electron chi connectivity index (χ1n) is 13.0. The molecule has 1 amide bonds. The first-order chi connectivity index (χ1) is 18.5. The van der Waals surface area contributed by atoms with E-state index in [4.69, 9.17) is 16.3 Å². The van der Waals surface area contributed by atoms with Gasteiger partial charge in [0.2, 0.25) is 15.9 Å². The second-order valence-electron chi connectivity index (χ2n) is 10.1. The van der Waals surface area contributed by atoms with E-state index >= 15 is 0 Å². The van der Waals surface area contributed by atoms with Gasteiger partial charge in [-0.15, -0.1) is 0 Å². The third-order valence-corrected chi connectivity index (χ3v) is 8.94. The molecule has 2 atom stereocenters. The lowest BCUT2D eigenvalue weighted by Crippen LogP contribution is -2.48. The van der Waals surface area contributed by atoms with E-state index in [0.717, 1.165) is 49.7 Å². The van der Waals surface area contributed by atoms with Gasteiger partial charge in [0.15, 0.2) is 0 Å². The van der Waals surface area contributed by atoms with Gasteiger partial charge in [-0.05, 0) is 80.1 Å². The Hall–Kier alpha value is -2.34. The molecule has 0 spiro atoms. The molecule has 39 heavy (non-hydrogen) atoms. The normalized spacial score (nSPS) is 19.3. The van der Waals surface area contributed by atoms with Gasteiger partial charge in [0.1, 0.15) is 16.7 Å². The highest BCUT2D eigenvalue weighted by atomic mass is 35.5. The van der Waals surface area contributed by atoms with E-state index in [9.17, 15) is 26.4 Å². The zero-order valence-corrected chi connectivity index (χ0v) is 23.3. The lowest BCUT2D eigenvalue weighted by atomic mass is 9.86. The second kappa shape index (κ2) is 12.4. The minimum Gasteiger partial charge on any atom is -0.495 e. The Balaban J connectivity index is 1.45. The van der Waals surface area contributed by atoms with Crippen molar-refractivity contribution in [3.63, 3.8) is 0 Å². The zero-order chi connectivity index (χ0) is 28.2. The number of likely N-dealkylation sites (tertiary alicyclic amines) is 1. The number of methoxy groups -OCH3 is 1. The predicted molar refractivity (Wildman–Crippen MR) is 142 cm³/mol. The third kappa shape index (κ3) is 7.65. The van der Waals surface area contributed by atoms with Gasteiger partial charge in [-0.25, -0.2) is 8.42 Å². The number of alkyl halides is 3. The minimum atomic E-state index is -5.01. The monoisotopic (exact) mass is 587 g/mol. The van der Waals surface area contributed by atoms with E-state index < -0.39 is 45.5 Å². The average Bonchev–Trinajstić information content (AvgIpc) is 2.88. The van der Waals surface area contributed by atoms with Crippen molar-refractivity contribution < 1.29 is 31.1 Å². The van der Waals surface area contributed by atoms with E-state index in [1.165, 1.54) is 44.1 Å². The summed E-state index contributed by atoms with van der Waals surface area (Å²) in [5, 5.41) is 2.71. The quantitative estimate of drug-likeness (QED) is 0.425. The summed E-state index contributed by atoms with van der Waals surface area (Å²) in [5.74, 6) is -1.07. The Kier molecular flexibility index (Phi) is 9.46. The van der Waals surface area contributed by atoms with Crippen molar-refractivity contribution in [2.45, 2.75) is 74.6 Å². The molecule has 1 aliphatic heterocycles. The summed E-state index contributed by atoms with van der Waals surface area (Å²) >= 11 is 5.86. The molecule has 0 aromatic heterocycles. The van der Waals surface area contributed by atoms with Crippen LogP contribution in [-0.4, -0.2) is 51.6 Å². The van der Waals surface area contributed by atoms with Crippen LogP contribution >= 0.6 is 11.6 Å². The van der Waals surface area contributed by atoms with Crippen LogP contribution in [0.4, 0.5) is 13.2 Å². The lowest BCUT2D eigenvalue weighted by Gasteiger charge is -2.30. The molecule has 12 heteroatoms. The lowest BCUT2D eigenvalue weighted by molar-refractivity contribution is -0.158. The standard InChI is InChI=1S/C27H33ClF3N3O4S/c1-38-23-11-9-20(28)15-24(23)39(36,37)33-25(27(29,30)31)16-26(35)32-22-7-5-6-19-14-18(8-10-21(19)22)17-34-12-3-2-4-13-34/h8-11,14-15,22,25,33H,2-7,12-13,16-17H2,1H3,(H,32,35)/t22-,25-/m1/s1. The number of aryl methyl sites for hydroxylation is 1. The van der Waals surface area contributed by atoms with E-state index in [0.29, 0.717) is 6.42 Å². The van der Waals surface area contributed by atoms with Crippen LogP contribution in [0.15, 0.2) is 41.3 Å². The summed E-state index contributed by atoms with van der Waals surface area (Å²) < 4.78 is 73.9. The number of hydrogen-bond acceptors (Lipinski definition) is 5. The van der Waals surface area contributed by atoms with Gasteiger partial charge in [0, 0.05) is 11.6 Å². The van der Waals surface area contributed by atoms with Crippen LogP contribution in [0.2, 0.25) is 5.02 Å². The number of ether oxygens (including phenoxy) is 1. The first-order valence-corrected chi connectivity index (χ1v) is 14.9. The number of nitrogens with one attached hydrogen (secondary N) is 2. The molecule has 0 bridgehead atoms. The Morgan fingerprint density at radius 3 is 2.56 bits per heavy atom. The van der Waals surface area contributed by atoms with Crippen molar-refractivity contribution in [3.8, 4) is 5.75 Å². The number of carbonyl (C=O) groups excluding carboxylic acids is 1. The van der Waals surface area contributed by atoms with Crippen LogP contribution in [-0.2, 0) is 27.8 Å². The van der Waals surface area contributed by atoms with E-state index in [2.05, 4.69) is 16.3 Å². The van der Waals surface area contributed by atoms with Crippen molar-refractivity contribution in [2.75, 3.05) is 20.2 Å². The molecule has 0 radical (unpaired) electrons. The smallest absolute Gasteiger partial charge is 0.405 e. The fraction of sp³-hybridized carbons (Fsp3) is 0.519. The summed E-state index contributed by atoms with van der Waals surface area (Å²) in [7, 11) is -3.53. The van der Waals surface area contributed by atoms with Gasteiger partial charge in [0.25, 0.3) is 0 Å². The highest BCUT2D eigenvalue weighted by Gasteiger charge is 2.44. The fourth-order valence-corrected chi connectivity index (χ4v) is 6.92. The van der Waals surface area contributed by atoms with Crippen LogP contribution in [0.3, 0.4) is 0 Å². The molecule has 0 unspecified atom stereocenters. The molecule has 2 N–H and O–H groups in total. The molecule has 1 fully saturated rings. The summed E-state index contributed by atoms with van der Waals surface area (Å²) in [6.45, 7) is 3.00. The predicted octanol–water partition coefficient (Wildman–Crippen LogP) is 5.13. The average molecular weight is 588 g/mol. The van der Waals surface area contributed by atoms with Crippen LogP contribution in [0.5, 0.6) is 5.75 Å². The summed E-state index contributed by atoms with van der Waals surface area (Å²) in [4.78, 5) is 14.7. The number of halogens is 4. The molecular weight excluding hydrogens is 555 g/mol. The molecule has 1 heterocycles. The van der Waals surface area contributed by atoms with Crippen LogP contribution in [0.25, 0.3) is 0 Å². The number of piperidine rings is 1. The van der Waals surface area contributed by atoms with Crippen molar-refractivity contribution >= 4 is 27.5 Å².